The number of methoxy groups -OCH3 is 1. The molecule has 1 aliphatic rings. The predicted octanol–water partition coefficient (Wildman–Crippen LogP) is -0.460. The SMILES string of the molecule is COCC(=O)N1CCCC1N. The molecule has 0 radical (unpaired) electrons. The van der Waals surface area contributed by atoms with Gasteiger partial charge >= 0.3 is 0 Å². The van der Waals surface area contributed by atoms with Gasteiger partial charge in [-0.05, 0) is 12.8 Å². The van der Waals surface area contributed by atoms with Crippen LogP contribution in [0.5, 0.6) is 0 Å². The topological polar surface area (TPSA) is 55.6 Å². The molecule has 1 rings (SSSR count). The first kappa shape index (κ1) is 8.49. The predicted molar refractivity (Wildman–Crippen MR) is 40.8 cm³/mol. The third-order valence-corrected chi connectivity index (χ3v) is 1.89. The molecule has 0 aliphatic carbocycles. The van der Waals surface area contributed by atoms with Crippen LogP contribution in [0.15, 0.2) is 0 Å². The van der Waals surface area contributed by atoms with Gasteiger partial charge in [-0.15, -0.1) is 0 Å². The molecule has 64 valence electrons. The number of nitrogens with two attached hydrogens (primary N) is 1. The molecule has 0 spiro atoms. The van der Waals surface area contributed by atoms with Crippen LogP contribution in [0.4, 0.5) is 0 Å². The number of carbonyl (C=O) groups is 1. The second kappa shape index (κ2) is 3.69. The average Bonchev–Trinajstić information content (AvgIpc) is 2.36. The van der Waals surface area contributed by atoms with Gasteiger partial charge in [0.2, 0.25) is 5.91 Å². The van der Waals surface area contributed by atoms with E-state index < -0.39 is 0 Å². The summed E-state index contributed by atoms with van der Waals surface area (Å²) < 4.78 is 4.72. The molecule has 1 heterocycles. The summed E-state index contributed by atoms with van der Waals surface area (Å²) in [5, 5.41) is 0. The van der Waals surface area contributed by atoms with Gasteiger partial charge in [0, 0.05) is 13.7 Å². The van der Waals surface area contributed by atoms with Crippen molar-refractivity contribution in [1.29, 1.82) is 0 Å². The summed E-state index contributed by atoms with van der Waals surface area (Å²) >= 11 is 0. The molecule has 0 aromatic carbocycles. The number of rotatable bonds is 2. The highest BCUT2D eigenvalue weighted by Gasteiger charge is 2.24. The van der Waals surface area contributed by atoms with Crippen molar-refractivity contribution in [2.24, 2.45) is 5.73 Å². The standard InChI is InChI=1S/C7H14N2O2/c1-11-5-7(10)9-4-2-3-6(9)8/h6H,2-5,8H2,1H3. The molecule has 11 heavy (non-hydrogen) atoms. The minimum atomic E-state index is -0.0855. The van der Waals surface area contributed by atoms with Gasteiger partial charge in [0.05, 0.1) is 6.17 Å². The summed E-state index contributed by atoms with van der Waals surface area (Å²) in [5.74, 6) is -0.00231. The third-order valence-electron chi connectivity index (χ3n) is 1.89. The maximum absolute atomic E-state index is 11.2. The van der Waals surface area contributed by atoms with Crippen molar-refractivity contribution in [3.8, 4) is 0 Å². The smallest absolute Gasteiger partial charge is 0.249 e. The van der Waals surface area contributed by atoms with Gasteiger partial charge in [0.15, 0.2) is 0 Å². The van der Waals surface area contributed by atoms with Crippen molar-refractivity contribution in [3.63, 3.8) is 0 Å². The Labute approximate surface area is 66.3 Å². The van der Waals surface area contributed by atoms with Gasteiger partial charge in [-0.1, -0.05) is 0 Å². The van der Waals surface area contributed by atoms with Crippen molar-refractivity contribution < 1.29 is 9.53 Å². The molecular formula is C7H14N2O2. The molecule has 1 atom stereocenters. The van der Waals surface area contributed by atoms with Crippen LogP contribution in [-0.4, -0.2) is 37.2 Å². The number of carbonyl (C=O) groups excluding carboxylic acids is 1. The van der Waals surface area contributed by atoms with Crippen LogP contribution in [0, 0.1) is 0 Å². The number of ether oxygens (including phenoxy) is 1. The normalized spacial score (nSPS) is 24.2. The van der Waals surface area contributed by atoms with E-state index in [4.69, 9.17) is 10.5 Å². The van der Waals surface area contributed by atoms with Crippen molar-refractivity contribution >= 4 is 5.91 Å². The highest BCUT2D eigenvalue weighted by molar-refractivity contribution is 5.77. The zero-order valence-electron chi connectivity index (χ0n) is 6.75. The van der Waals surface area contributed by atoms with E-state index in [0.717, 1.165) is 19.4 Å². The molecule has 1 unspecified atom stereocenters. The Kier molecular flexibility index (Phi) is 2.84. The maximum Gasteiger partial charge on any atom is 0.249 e. The number of hydrogen-bond acceptors (Lipinski definition) is 3. The Morgan fingerprint density at radius 2 is 2.55 bits per heavy atom. The minimum absolute atomic E-state index is 0.00231. The van der Waals surface area contributed by atoms with Crippen molar-refractivity contribution in [3.05, 3.63) is 0 Å². The molecule has 1 fully saturated rings. The molecular weight excluding hydrogens is 144 g/mol. The number of nitrogens with zero attached hydrogens (tertiary/aromatic N) is 1. The second-order valence-corrected chi connectivity index (χ2v) is 2.73. The first-order valence-electron chi connectivity index (χ1n) is 3.79. The first-order valence-corrected chi connectivity index (χ1v) is 3.79. The van der Waals surface area contributed by atoms with E-state index >= 15 is 0 Å². The van der Waals surface area contributed by atoms with Gasteiger partial charge in [0.1, 0.15) is 6.61 Å². The molecule has 1 saturated heterocycles. The van der Waals surface area contributed by atoms with Crippen LogP contribution in [-0.2, 0) is 9.53 Å². The van der Waals surface area contributed by atoms with E-state index in [1.165, 1.54) is 7.11 Å². The lowest BCUT2D eigenvalue weighted by Gasteiger charge is -2.20. The summed E-state index contributed by atoms with van der Waals surface area (Å²) in [5.41, 5.74) is 5.66. The van der Waals surface area contributed by atoms with Gasteiger partial charge < -0.3 is 15.4 Å². The van der Waals surface area contributed by atoms with E-state index in [2.05, 4.69) is 0 Å². The highest BCUT2D eigenvalue weighted by atomic mass is 16.5. The highest BCUT2D eigenvalue weighted by Crippen LogP contribution is 2.12. The molecule has 1 amide bonds. The Morgan fingerprint density at radius 3 is 3.00 bits per heavy atom. The van der Waals surface area contributed by atoms with E-state index in [1.54, 1.807) is 4.90 Å². The first-order chi connectivity index (χ1) is 5.25. The number of hydrogen-bond donors (Lipinski definition) is 1. The Bertz CT molecular complexity index is 149. The van der Waals surface area contributed by atoms with Crippen molar-refractivity contribution in [1.82, 2.24) is 4.90 Å². The van der Waals surface area contributed by atoms with E-state index in [0.29, 0.717) is 0 Å². The molecule has 4 nitrogen and oxygen atoms in total. The zero-order chi connectivity index (χ0) is 8.27. The fraction of sp³-hybridized carbons (Fsp3) is 0.857. The van der Waals surface area contributed by atoms with Gasteiger partial charge in [-0.25, -0.2) is 0 Å². The van der Waals surface area contributed by atoms with Crippen molar-refractivity contribution in [2.75, 3.05) is 20.3 Å². The maximum atomic E-state index is 11.2. The molecule has 2 N–H and O–H groups in total. The molecule has 0 bridgehead atoms. The minimum Gasteiger partial charge on any atom is -0.375 e. The Morgan fingerprint density at radius 1 is 1.82 bits per heavy atom. The van der Waals surface area contributed by atoms with Gasteiger partial charge in [0.25, 0.3) is 0 Å². The quantitative estimate of drug-likeness (QED) is 0.591. The fourth-order valence-corrected chi connectivity index (χ4v) is 1.31. The van der Waals surface area contributed by atoms with Crippen LogP contribution in [0.25, 0.3) is 0 Å². The van der Waals surface area contributed by atoms with Crippen LogP contribution in [0.3, 0.4) is 0 Å². The summed E-state index contributed by atoms with van der Waals surface area (Å²) in [6, 6.07) is 0. The molecule has 1 aliphatic heterocycles. The summed E-state index contributed by atoms with van der Waals surface area (Å²) in [6.45, 7) is 0.928. The fourth-order valence-electron chi connectivity index (χ4n) is 1.31. The Hall–Kier alpha value is -0.610. The van der Waals surface area contributed by atoms with E-state index in [-0.39, 0.29) is 18.7 Å². The van der Waals surface area contributed by atoms with Crippen LogP contribution >= 0.6 is 0 Å². The average molecular weight is 158 g/mol. The third kappa shape index (κ3) is 1.91. The van der Waals surface area contributed by atoms with Crippen molar-refractivity contribution in [2.45, 2.75) is 19.0 Å². The summed E-state index contributed by atoms with van der Waals surface area (Å²) in [6.07, 6.45) is 1.84. The second-order valence-electron chi connectivity index (χ2n) is 2.73. The van der Waals surface area contributed by atoms with E-state index in [1.807, 2.05) is 0 Å². The van der Waals surface area contributed by atoms with E-state index in [9.17, 15) is 4.79 Å². The monoisotopic (exact) mass is 158 g/mol. The molecule has 0 aromatic rings. The molecule has 0 saturated carbocycles. The largest absolute Gasteiger partial charge is 0.375 e. The Balaban J connectivity index is 2.39. The van der Waals surface area contributed by atoms with Gasteiger partial charge in [-0.2, -0.15) is 0 Å². The number of likely N-dealkylation sites (tertiary alicyclic amines) is 1. The van der Waals surface area contributed by atoms with Crippen LogP contribution in [0.2, 0.25) is 0 Å². The van der Waals surface area contributed by atoms with Crippen LogP contribution in [0.1, 0.15) is 12.8 Å². The van der Waals surface area contributed by atoms with Gasteiger partial charge in [-0.3, -0.25) is 4.79 Å². The lowest BCUT2D eigenvalue weighted by molar-refractivity contribution is -0.135. The molecule has 0 aromatic heterocycles. The lowest BCUT2D eigenvalue weighted by Crippen LogP contribution is -2.42. The number of amides is 1. The van der Waals surface area contributed by atoms with Crippen LogP contribution < -0.4 is 5.73 Å². The summed E-state index contributed by atoms with van der Waals surface area (Å²) in [4.78, 5) is 12.8. The molecule has 4 heteroatoms. The lowest BCUT2D eigenvalue weighted by atomic mass is 10.3. The zero-order valence-corrected chi connectivity index (χ0v) is 6.75. The summed E-state index contributed by atoms with van der Waals surface area (Å²) in [7, 11) is 1.51.